The summed E-state index contributed by atoms with van der Waals surface area (Å²) in [6, 6.07) is 8.14. The Morgan fingerprint density at radius 3 is 1.93 bits per heavy atom. The number of carbonyl (C=O) groups excluding carboxylic acids is 1. The van der Waals surface area contributed by atoms with Gasteiger partial charge in [0.15, 0.2) is 0 Å². The minimum atomic E-state index is -4.76. The van der Waals surface area contributed by atoms with E-state index in [1.807, 2.05) is 0 Å². The normalized spacial score (nSPS) is 13.1. The lowest BCUT2D eigenvalue weighted by Crippen LogP contribution is -2.33. The number of benzene rings is 2. The minimum Gasteiger partial charge on any atom is -0.341 e. The first kappa shape index (κ1) is 18.9. The van der Waals surface area contributed by atoms with E-state index in [4.69, 9.17) is 0 Å². The molecule has 0 spiro atoms. The number of nitrogens with one attached hydrogen (secondary N) is 2. The first-order chi connectivity index (χ1) is 13.6. The fourth-order valence-electron chi connectivity index (χ4n) is 3.38. The molecule has 1 heterocycles. The highest BCUT2D eigenvalue weighted by Crippen LogP contribution is 2.44. The van der Waals surface area contributed by atoms with Gasteiger partial charge in [0, 0.05) is 0 Å². The summed E-state index contributed by atoms with van der Waals surface area (Å²) >= 11 is 0. The van der Waals surface area contributed by atoms with Crippen molar-refractivity contribution in [3.63, 3.8) is 0 Å². The summed E-state index contributed by atoms with van der Waals surface area (Å²) in [6.07, 6.45) is -4.76. The van der Waals surface area contributed by atoms with Gasteiger partial charge in [0.25, 0.3) is 11.5 Å². The number of carbonyl (C=O) groups is 1. The maximum atomic E-state index is 13.7. The quantitative estimate of drug-likeness (QED) is 0.628. The SMILES string of the molecule is O=C(NC1c2ccc(F)cc2-c2cc(F)ccc21)c1ccc(C(F)(F)F)[nH]c1=O. The van der Waals surface area contributed by atoms with Crippen LogP contribution >= 0.6 is 0 Å². The van der Waals surface area contributed by atoms with Crippen LogP contribution in [0.4, 0.5) is 22.0 Å². The van der Waals surface area contributed by atoms with Gasteiger partial charge in [0.05, 0.1) is 6.04 Å². The van der Waals surface area contributed by atoms with Crippen LogP contribution < -0.4 is 10.9 Å². The molecular formula is C20H11F5N2O2. The molecule has 2 N–H and O–H groups in total. The summed E-state index contributed by atoms with van der Waals surface area (Å²) in [5, 5.41) is 2.56. The lowest BCUT2D eigenvalue weighted by atomic mass is 10.0. The third-order valence-electron chi connectivity index (χ3n) is 4.68. The lowest BCUT2D eigenvalue weighted by Gasteiger charge is -2.16. The Hall–Kier alpha value is -3.49. The zero-order valence-electron chi connectivity index (χ0n) is 14.4. The van der Waals surface area contributed by atoms with Crippen molar-refractivity contribution in [2.24, 2.45) is 0 Å². The molecule has 4 nitrogen and oxygen atoms in total. The average Bonchev–Trinajstić information content (AvgIpc) is 2.93. The van der Waals surface area contributed by atoms with Gasteiger partial charge in [0.2, 0.25) is 0 Å². The predicted octanol–water partition coefficient (Wildman–Crippen LogP) is 4.17. The number of hydrogen-bond acceptors (Lipinski definition) is 2. The Bertz CT molecular complexity index is 1150. The number of rotatable bonds is 2. The summed E-state index contributed by atoms with van der Waals surface area (Å²) in [5.74, 6) is -2.02. The van der Waals surface area contributed by atoms with Crippen LogP contribution in [0.5, 0.6) is 0 Å². The van der Waals surface area contributed by atoms with Crippen LogP contribution in [0.25, 0.3) is 11.1 Å². The smallest absolute Gasteiger partial charge is 0.341 e. The second kappa shape index (κ2) is 6.54. The summed E-state index contributed by atoms with van der Waals surface area (Å²) < 4.78 is 65.4. The van der Waals surface area contributed by atoms with Gasteiger partial charge in [-0.05, 0) is 58.7 Å². The molecule has 0 saturated carbocycles. The Morgan fingerprint density at radius 1 is 0.897 bits per heavy atom. The fourth-order valence-corrected chi connectivity index (χ4v) is 3.38. The van der Waals surface area contributed by atoms with E-state index in [9.17, 15) is 31.5 Å². The minimum absolute atomic E-state index is 0.381. The summed E-state index contributed by atoms with van der Waals surface area (Å²) in [5.41, 5.74) is -1.28. The van der Waals surface area contributed by atoms with E-state index in [2.05, 4.69) is 5.32 Å². The van der Waals surface area contributed by atoms with Crippen molar-refractivity contribution >= 4 is 5.91 Å². The Balaban J connectivity index is 1.72. The molecule has 0 bridgehead atoms. The zero-order chi connectivity index (χ0) is 20.9. The van der Waals surface area contributed by atoms with Crippen molar-refractivity contribution in [1.82, 2.24) is 10.3 Å². The summed E-state index contributed by atoms with van der Waals surface area (Å²) in [4.78, 5) is 26.2. The Kier molecular flexibility index (Phi) is 4.25. The summed E-state index contributed by atoms with van der Waals surface area (Å²) in [7, 11) is 0. The lowest BCUT2D eigenvalue weighted by molar-refractivity contribution is -0.141. The molecule has 0 unspecified atom stereocenters. The van der Waals surface area contributed by atoms with Crippen molar-refractivity contribution < 1.29 is 26.7 Å². The number of hydrogen-bond donors (Lipinski definition) is 2. The molecule has 9 heteroatoms. The van der Waals surface area contributed by atoms with E-state index in [0.29, 0.717) is 28.3 Å². The molecule has 1 amide bonds. The first-order valence-electron chi connectivity index (χ1n) is 8.36. The van der Waals surface area contributed by atoms with Gasteiger partial charge >= 0.3 is 6.18 Å². The molecule has 0 radical (unpaired) electrons. The van der Waals surface area contributed by atoms with Crippen LogP contribution in [-0.4, -0.2) is 10.9 Å². The van der Waals surface area contributed by atoms with Crippen molar-refractivity contribution in [1.29, 1.82) is 0 Å². The van der Waals surface area contributed by atoms with Gasteiger partial charge in [-0.1, -0.05) is 12.1 Å². The van der Waals surface area contributed by atoms with E-state index in [0.717, 1.165) is 6.07 Å². The molecule has 0 aliphatic heterocycles. The molecular weight excluding hydrogens is 395 g/mol. The maximum Gasteiger partial charge on any atom is 0.431 e. The van der Waals surface area contributed by atoms with Crippen LogP contribution in [-0.2, 0) is 6.18 Å². The van der Waals surface area contributed by atoms with Crippen LogP contribution in [0.3, 0.4) is 0 Å². The third kappa shape index (κ3) is 3.28. The average molecular weight is 406 g/mol. The number of H-pyrrole nitrogens is 1. The first-order valence-corrected chi connectivity index (χ1v) is 8.36. The van der Waals surface area contributed by atoms with Gasteiger partial charge in [-0.3, -0.25) is 9.59 Å². The highest BCUT2D eigenvalue weighted by Gasteiger charge is 2.34. The molecule has 0 atom stereocenters. The zero-order valence-corrected chi connectivity index (χ0v) is 14.4. The van der Waals surface area contributed by atoms with Crippen molar-refractivity contribution in [3.05, 3.63) is 92.9 Å². The molecule has 1 aliphatic rings. The van der Waals surface area contributed by atoms with Gasteiger partial charge in [-0.25, -0.2) is 8.78 Å². The number of alkyl halides is 3. The van der Waals surface area contributed by atoms with Crippen LogP contribution in [0, 0.1) is 11.6 Å². The molecule has 1 aromatic heterocycles. The number of fused-ring (bicyclic) bond motifs is 3. The van der Waals surface area contributed by atoms with E-state index in [-0.39, 0.29) is 0 Å². The van der Waals surface area contributed by atoms with Gasteiger partial charge < -0.3 is 10.3 Å². The van der Waals surface area contributed by atoms with E-state index < -0.39 is 46.6 Å². The number of aromatic nitrogens is 1. The topological polar surface area (TPSA) is 62.0 Å². The number of aromatic amines is 1. The Labute approximate surface area is 160 Å². The molecule has 0 saturated heterocycles. The number of halogens is 5. The van der Waals surface area contributed by atoms with Crippen LogP contribution in [0.15, 0.2) is 53.3 Å². The van der Waals surface area contributed by atoms with Gasteiger partial charge in [-0.2, -0.15) is 13.2 Å². The van der Waals surface area contributed by atoms with E-state index in [1.54, 1.807) is 4.98 Å². The molecule has 0 fully saturated rings. The Morgan fingerprint density at radius 2 is 1.45 bits per heavy atom. The highest BCUT2D eigenvalue weighted by atomic mass is 19.4. The van der Waals surface area contributed by atoms with E-state index >= 15 is 0 Å². The molecule has 1 aliphatic carbocycles. The molecule has 2 aromatic carbocycles. The molecule has 4 rings (SSSR count). The second-order valence-electron chi connectivity index (χ2n) is 6.48. The highest BCUT2D eigenvalue weighted by molar-refractivity contribution is 5.95. The maximum absolute atomic E-state index is 13.7. The fraction of sp³-hybridized carbons (Fsp3) is 0.100. The third-order valence-corrected chi connectivity index (χ3v) is 4.68. The van der Waals surface area contributed by atoms with Crippen molar-refractivity contribution in [2.45, 2.75) is 12.2 Å². The number of pyridine rings is 1. The van der Waals surface area contributed by atoms with Gasteiger partial charge in [-0.15, -0.1) is 0 Å². The molecule has 148 valence electrons. The predicted molar refractivity (Wildman–Crippen MR) is 93.2 cm³/mol. The summed E-state index contributed by atoms with van der Waals surface area (Å²) in [6.45, 7) is 0. The van der Waals surface area contributed by atoms with Gasteiger partial charge in [0.1, 0.15) is 22.9 Å². The van der Waals surface area contributed by atoms with Crippen LogP contribution in [0.2, 0.25) is 0 Å². The van der Waals surface area contributed by atoms with Crippen molar-refractivity contribution in [3.8, 4) is 11.1 Å². The van der Waals surface area contributed by atoms with E-state index in [1.165, 1.54) is 36.4 Å². The van der Waals surface area contributed by atoms with Crippen LogP contribution in [0.1, 0.15) is 33.2 Å². The standard InChI is InChI=1S/C20H11F5N2O2/c21-9-1-3-11-14(7-9)15-8-10(22)2-4-12(15)17(11)27-19(29)13-5-6-16(20(23,24)25)26-18(13)28/h1-8,17H,(H,26,28)(H,27,29). The largest absolute Gasteiger partial charge is 0.431 e. The number of amides is 1. The monoisotopic (exact) mass is 406 g/mol. The van der Waals surface area contributed by atoms with Crippen molar-refractivity contribution in [2.75, 3.05) is 0 Å². The molecule has 29 heavy (non-hydrogen) atoms. The molecule has 3 aromatic rings. The second-order valence-corrected chi connectivity index (χ2v) is 6.48.